The second-order valence-electron chi connectivity index (χ2n) is 5.14. The lowest BCUT2D eigenvalue weighted by Crippen LogP contribution is -2.37. The first-order valence-corrected chi connectivity index (χ1v) is 8.21. The molecule has 2 fully saturated rings. The van der Waals surface area contributed by atoms with Crippen LogP contribution < -0.4 is 0 Å². The van der Waals surface area contributed by atoms with Gasteiger partial charge in [0.1, 0.15) is 0 Å². The first kappa shape index (κ1) is 15.4. The van der Waals surface area contributed by atoms with Crippen molar-refractivity contribution in [1.29, 1.82) is 0 Å². The Morgan fingerprint density at radius 1 is 1.32 bits per heavy atom. The number of hydrogen-bond donors (Lipinski definition) is 0. The van der Waals surface area contributed by atoms with Crippen LogP contribution >= 0.6 is 27.5 Å². The number of ether oxygens (including phenoxy) is 2. The van der Waals surface area contributed by atoms with Gasteiger partial charge in [-0.1, -0.05) is 34.9 Å². The summed E-state index contributed by atoms with van der Waals surface area (Å²) in [5.74, 6) is 2.50. The second-order valence-corrected chi connectivity index (χ2v) is 6.88. The fourth-order valence-electron chi connectivity index (χ4n) is 2.78. The van der Waals surface area contributed by atoms with E-state index in [1.807, 2.05) is 6.08 Å². The number of terminal acetylenes is 1. The molecule has 2 aliphatic rings. The Balaban J connectivity index is 2.07. The van der Waals surface area contributed by atoms with E-state index in [-0.39, 0.29) is 29.8 Å². The van der Waals surface area contributed by atoms with Gasteiger partial charge in [-0.3, -0.25) is 0 Å². The summed E-state index contributed by atoms with van der Waals surface area (Å²) in [5.41, 5.74) is 0. The molecule has 2 aliphatic heterocycles. The minimum atomic E-state index is 0.0476. The molecule has 2 nitrogen and oxygen atoms in total. The maximum Gasteiger partial charge on any atom is 0.0876 e. The van der Waals surface area contributed by atoms with Crippen molar-refractivity contribution in [3.63, 3.8) is 0 Å². The van der Waals surface area contributed by atoms with E-state index in [9.17, 15) is 0 Å². The van der Waals surface area contributed by atoms with E-state index in [1.165, 1.54) is 0 Å². The standard InChI is InChI=1S/C15H20BrClO2/c1-3-5-6-7-13-15-9-14(19-13)11(17)8-10(16)12(4-2)18-15/h1,5-6,10-15H,4,7-9H2,2H3/b6-5+/t10-,11-,12+,13?,14?,15-/m0/s1. The highest BCUT2D eigenvalue weighted by atomic mass is 79.9. The van der Waals surface area contributed by atoms with Crippen LogP contribution in [-0.2, 0) is 9.47 Å². The summed E-state index contributed by atoms with van der Waals surface area (Å²) in [5, 5.41) is 0.0476. The lowest BCUT2D eigenvalue weighted by Gasteiger charge is -2.30. The van der Waals surface area contributed by atoms with Gasteiger partial charge < -0.3 is 9.47 Å². The molecule has 0 spiro atoms. The van der Waals surface area contributed by atoms with Crippen molar-refractivity contribution in [3.05, 3.63) is 12.2 Å². The number of allylic oxidation sites excluding steroid dienone is 1. The van der Waals surface area contributed by atoms with Crippen LogP contribution in [0.5, 0.6) is 0 Å². The fraction of sp³-hybridized carbons (Fsp3) is 0.733. The molecule has 0 aromatic heterocycles. The molecule has 2 unspecified atom stereocenters. The van der Waals surface area contributed by atoms with E-state index in [0.29, 0.717) is 4.83 Å². The van der Waals surface area contributed by atoms with E-state index < -0.39 is 0 Å². The Labute approximate surface area is 129 Å². The summed E-state index contributed by atoms with van der Waals surface area (Å²) in [6.07, 6.45) is 12.9. The van der Waals surface area contributed by atoms with Crippen LogP contribution in [0.15, 0.2) is 12.2 Å². The average Bonchev–Trinajstić information content (AvgIpc) is 2.79. The SMILES string of the molecule is C#C/C=C/CC1OC2C[C@@H]1O[C@H](CC)[C@@H](Br)C[C@@H]2Cl. The molecule has 0 aliphatic carbocycles. The van der Waals surface area contributed by atoms with E-state index in [2.05, 4.69) is 28.8 Å². The first-order valence-electron chi connectivity index (χ1n) is 6.85. The maximum absolute atomic E-state index is 6.47. The van der Waals surface area contributed by atoms with Crippen LogP contribution in [0.2, 0.25) is 0 Å². The third kappa shape index (κ3) is 3.76. The predicted octanol–water partition coefficient (Wildman–Crippen LogP) is 3.66. The summed E-state index contributed by atoms with van der Waals surface area (Å²) in [4.78, 5) is 0.300. The molecule has 0 radical (unpaired) electrons. The number of rotatable bonds is 3. The summed E-state index contributed by atoms with van der Waals surface area (Å²) >= 11 is 10.2. The van der Waals surface area contributed by atoms with Crippen molar-refractivity contribution < 1.29 is 9.47 Å². The van der Waals surface area contributed by atoms with Gasteiger partial charge in [0.2, 0.25) is 0 Å². The van der Waals surface area contributed by atoms with Gasteiger partial charge in [-0.2, -0.15) is 0 Å². The molecule has 6 atom stereocenters. The smallest absolute Gasteiger partial charge is 0.0876 e. The van der Waals surface area contributed by atoms with Crippen LogP contribution in [0.4, 0.5) is 0 Å². The Morgan fingerprint density at radius 3 is 2.74 bits per heavy atom. The Hall–Kier alpha value is -0.0100. The van der Waals surface area contributed by atoms with Crippen molar-refractivity contribution in [2.75, 3.05) is 0 Å². The monoisotopic (exact) mass is 346 g/mol. The highest BCUT2D eigenvalue weighted by Gasteiger charge is 2.43. The molecule has 0 aromatic rings. The molecule has 4 heteroatoms. The van der Waals surface area contributed by atoms with Crippen molar-refractivity contribution in [1.82, 2.24) is 0 Å². The van der Waals surface area contributed by atoms with E-state index in [4.69, 9.17) is 27.5 Å². The van der Waals surface area contributed by atoms with Crippen molar-refractivity contribution in [2.45, 2.75) is 67.2 Å². The molecule has 19 heavy (non-hydrogen) atoms. The molecule has 2 bridgehead atoms. The maximum atomic E-state index is 6.47. The third-order valence-corrected chi connectivity index (χ3v) is 5.24. The Kier molecular flexibility index (Phi) is 5.77. The molecule has 2 rings (SSSR count). The molecular weight excluding hydrogens is 328 g/mol. The molecular formula is C15H20BrClO2. The summed E-state index contributed by atoms with van der Waals surface area (Å²) in [6, 6.07) is 0. The van der Waals surface area contributed by atoms with Crippen LogP contribution in [0.1, 0.15) is 32.6 Å². The van der Waals surface area contributed by atoms with Crippen molar-refractivity contribution in [3.8, 4) is 12.3 Å². The Bertz CT molecular complexity index is 366. The zero-order valence-corrected chi connectivity index (χ0v) is 13.4. The number of halogens is 2. The normalized spacial score (nSPS) is 42.8. The van der Waals surface area contributed by atoms with Crippen LogP contribution in [0.3, 0.4) is 0 Å². The minimum absolute atomic E-state index is 0.0476. The summed E-state index contributed by atoms with van der Waals surface area (Å²) in [6.45, 7) is 2.14. The van der Waals surface area contributed by atoms with Gasteiger partial charge in [0.25, 0.3) is 0 Å². The van der Waals surface area contributed by atoms with Crippen LogP contribution in [-0.4, -0.2) is 34.6 Å². The zero-order chi connectivity index (χ0) is 13.8. The number of hydrogen-bond acceptors (Lipinski definition) is 2. The Morgan fingerprint density at radius 2 is 2.05 bits per heavy atom. The highest BCUT2D eigenvalue weighted by Crippen LogP contribution is 2.37. The molecule has 106 valence electrons. The van der Waals surface area contributed by atoms with Crippen LogP contribution in [0, 0.1) is 12.3 Å². The first-order chi connectivity index (χ1) is 9.15. The highest BCUT2D eigenvalue weighted by molar-refractivity contribution is 9.09. The molecule has 0 N–H and O–H groups in total. The van der Waals surface area contributed by atoms with Gasteiger partial charge >= 0.3 is 0 Å². The lowest BCUT2D eigenvalue weighted by atomic mass is 9.99. The molecule has 0 saturated carbocycles. The van der Waals surface area contributed by atoms with Gasteiger partial charge in [-0.15, -0.1) is 18.0 Å². The summed E-state index contributed by atoms with van der Waals surface area (Å²) < 4.78 is 12.3. The number of fused-ring (bicyclic) bond motifs is 2. The third-order valence-electron chi connectivity index (χ3n) is 3.82. The van der Waals surface area contributed by atoms with Crippen LogP contribution in [0.25, 0.3) is 0 Å². The lowest BCUT2D eigenvalue weighted by molar-refractivity contribution is -0.0500. The van der Waals surface area contributed by atoms with E-state index in [0.717, 1.165) is 25.7 Å². The van der Waals surface area contributed by atoms with E-state index >= 15 is 0 Å². The summed E-state index contributed by atoms with van der Waals surface area (Å²) in [7, 11) is 0. The minimum Gasteiger partial charge on any atom is -0.371 e. The van der Waals surface area contributed by atoms with Crippen molar-refractivity contribution >= 4 is 27.5 Å². The quantitative estimate of drug-likeness (QED) is 0.573. The molecule has 2 heterocycles. The molecule has 0 aromatic carbocycles. The average molecular weight is 348 g/mol. The van der Waals surface area contributed by atoms with Gasteiger partial charge in [0.05, 0.1) is 29.8 Å². The zero-order valence-electron chi connectivity index (χ0n) is 11.1. The largest absolute Gasteiger partial charge is 0.371 e. The predicted molar refractivity (Wildman–Crippen MR) is 81.8 cm³/mol. The van der Waals surface area contributed by atoms with Gasteiger partial charge in [0, 0.05) is 11.2 Å². The molecule has 2 saturated heterocycles. The van der Waals surface area contributed by atoms with E-state index in [1.54, 1.807) is 6.08 Å². The topological polar surface area (TPSA) is 18.5 Å². The van der Waals surface area contributed by atoms with Gasteiger partial charge in [0.15, 0.2) is 0 Å². The van der Waals surface area contributed by atoms with Crippen molar-refractivity contribution in [2.24, 2.45) is 0 Å². The second kappa shape index (κ2) is 7.13. The van der Waals surface area contributed by atoms with Gasteiger partial charge in [-0.25, -0.2) is 0 Å². The fourth-order valence-corrected chi connectivity index (χ4v) is 4.25. The van der Waals surface area contributed by atoms with Gasteiger partial charge in [-0.05, 0) is 25.3 Å². The number of alkyl halides is 2. The molecule has 0 amide bonds.